The van der Waals surface area contributed by atoms with Gasteiger partial charge in [-0.05, 0) is 59.0 Å². The van der Waals surface area contributed by atoms with Crippen LogP contribution < -0.4 is 5.32 Å². The van der Waals surface area contributed by atoms with Crippen LogP contribution in [0.1, 0.15) is 10.4 Å². The van der Waals surface area contributed by atoms with Gasteiger partial charge in [-0.1, -0.05) is 11.6 Å². The summed E-state index contributed by atoms with van der Waals surface area (Å²) in [6.07, 6.45) is 0. The first-order chi connectivity index (χ1) is 8.97. The quantitative estimate of drug-likeness (QED) is 0.759. The van der Waals surface area contributed by atoms with Crippen molar-refractivity contribution in [3.8, 4) is 5.75 Å². The van der Waals surface area contributed by atoms with E-state index in [9.17, 15) is 14.3 Å². The number of benzene rings is 2. The van der Waals surface area contributed by atoms with Crippen LogP contribution in [0.25, 0.3) is 0 Å². The van der Waals surface area contributed by atoms with E-state index in [0.29, 0.717) is 3.57 Å². The summed E-state index contributed by atoms with van der Waals surface area (Å²) < 4.78 is 13.7. The highest BCUT2D eigenvalue weighted by atomic mass is 127. The third kappa shape index (κ3) is 3.36. The fourth-order valence-corrected chi connectivity index (χ4v) is 1.94. The minimum Gasteiger partial charge on any atom is -0.507 e. The van der Waals surface area contributed by atoms with Crippen LogP contribution in [0, 0.1) is 9.39 Å². The molecule has 0 radical (unpaired) electrons. The van der Waals surface area contributed by atoms with Crippen LogP contribution in [0.3, 0.4) is 0 Å². The number of carbonyl (C=O) groups excluding carboxylic acids is 1. The maximum atomic E-state index is 13.1. The third-order valence-electron chi connectivity index (χ3n) is 2.38. The van der Waals surface area contributed by atoms with Crippen LogP contribution in [0.4, 0.5) is 10.1 Å². The summed E-state index contributed by atoms with van der Waals surface area (Å²) in [5.41, 5.74) is 0.447. The lowest BCUT2D eigenvalue weighted by atomic mass is 10.2. The molecule has 2 aromatic carbocycles. The smallest absolute Gasteiger partial charge is 0.255 e. The molecule has 0 fully saturated rings. The maximum Gasteiger partial charge on any atom is 0.255 e. The average molecular weight is 392 g/mol. The molecular formula is C13H8ClFINO2. The lowest BCUT2D eigenvalue weighted by Gasteiger charge is -2.08. The van der Waals surface area contributed by atoms with Crippen LogP contribution >= 0.6 is 34.2 Å². The van der Waals surface area contributed by atoms with Crippen LogP contribution in [0.2, 0.25) is 5.02 Å². The second-order valence-electron chi connectivity index (χ2n) is 3.74. The fourth-order valence-electron chi connectivity index (χ4n) is 1.44. The molecule has 6 heteroatoms. The molecule has 0 atom stereocenters. The van der Waals surface area contributed by atoms with Gasteiger partial charge < -0.3 is 10.4 Å². The summed E-state index contributed by atoms with van der Waals surface area (Å²) in [5, 5.41) is 12.3. The van der Waals surface area contributed by atoms with Crippen LogP contribution in [-0.2, 0) is 0 Å². The van der Waals surface area contributed by atoms with E-state index >= 15 is 0 Å². The van der Waals surface area contributed by atoms with E-state index in [1.807, 2.05) is 22.6 Å². The van der Waals surface area contributed by atoms with Crippen molar-refractivity contribution in [1.29, 1.82) is 0 Å². The first-order valence-corrected chi connectivity index (χ1v) is 6.68. The normalized spacial score (nSPS) is 10.3. The highest BCUT2D eigenvalue weighted by molar-refractivity contribution is 14.1. The van der Waals surface area contributed by atoms with Crippen molar-refractivity contribution in [1.82, 2.24) is 0 Å². The molecule has 0 saturated heterocycles. The average Bonchev–Trinajstić information content (AvgIpc) is 2.37. The number of carbonyl (C=O) groups is 1. The Hall–Kier alpha value is -1.34. The van der Waals surface area contributed by atoms with Gasteiger partial charge in [0.2, 0.25) is 0 Å². The Kier molecular flexibility index (Phi) is 4.26. The SMILES string of the molecule is O=C(Nc1cc(F)ccc1Cl)c1ccc(I)c(O)c1. The summed E-state index contributed by atoms with van der Waals surface area (Å²) >= 11 is 7.80. The Morgan fingerprint density at radius 3 is 2.68 bits per heavy atom. The molecule has 0 saturated carbocycles. The molecule has 0 aliphatic rings. The maximum absolute atomic E-state index is 13.1. The zero-order chi connectivity index (χ0) is 14.0. The Labute approximate surface area is 127 Å². The first-order valence-electron chi connectivity index (χ1n) is 5.22. The Morgan fingerprint density at radius 2 is 2.00 bits per heavy atom. The number of rotatable bonds is 2. The summed E-state index contributed by atoms with van der Waals surface area (Å²) in [5.74, 6) is -0.956. The van der Waals surface area contributed by atoms with Gasteiger partial charge in [0, 0.05) is 5.56 Å². The predicted molar refractivity (Wildman–Crippen MR) is 80.2 cm³/mol. The molecule has 1 amide bonds. The van der Waals surface area contributed by atoms with E-state index in [1.54, 1.807) is 12.1 Å². The number of phenolic OH excluding ortho intramolecular Hbond substituents is 1. The molecular weight excluding hydrogens is 384 g/mol. The molecule has 0 unspecified atom stereocenters. The molecule has 0 bridgehead atoms. The van der Waals surface area contributed by atoms with E-state index in [4.69, 9.17) is 11.6 Å². The molecule has 0 aromatic heterocycles. The van der Waals surface area contributed by atoms with E-state index in [1.165, 1.54) is 18.2 Å². The number of hydrogen-bond acceptors (Lipinski definition) is 2. The van der Waals surface area contributed by atoms with E-state index in [-0.39, 0.29) is 22.0 Å². The number of phenols is 1. The van der Waals surface area contributed by atoms with Crippen LogP contribution in [0.5, 0.6) is 5.75 Å². The minimum atomic E-state index is -0.495. The predicted octanol–water partition coefficient (Wildman–Crippen LogP) is 4.04. The van der Waals surface area contributed by atoms with Crippen molar-refractivity contribution < 1.29 is 14.3 Å². The highest BCUT2D eigenvalue weighted by Gasteiger charge is 2.11. The lowest BCUT2D eigenvalue weighted by molar-refractivity contribution is 0.102. The zero-order valence-electron chi connectivity index (χ0n) is 9.45. The fraction of sp³-hybridized carbons (Fsp3) is 0. The van der Waals surface area contributed by atoms with Gasteiger partial charge in [-0.3, -0.25) is 4.79 Å². The number of hydrogen-bond donors (Lipinski definition) is 2. The number of amides is 1. The second-order valence-corrected chi connectivity index (χ2v) is 5.31. The monoisotopic (exact) mass is 391 g/mol. The topological polar surface area (TPSA) is 49.3 Å². The van der Waals surface area contributed by atoms with Gasteiger partial charge in [0.15, 0.2) is 0 Å². The van der Waals surface area contributed by atoms with Gasteiger partial charge in [-0.15, -0.1) is 0 Å². The van der Waals surface area contributed by atoms with Crippen molar-refractivity contribution in [2.75, 3.05) is 5.32 Å². The first kappa shape index (κ1) is 14.1. The molecule has 2 aromatic rings. The Balaban J connectivity index is 2.25. The van der Waals surface area contributed by atoms with Crippen molar-refractivity contribution >= 4 is 45.8 Å². The summed E-state index contributed by atoms with van der Waals surface area (Å²) in [4.78, 5) is 11.9. The summed E-state index contributed by atoms with van der Waals surface area (Å²) in [6, 6.07) is 8.20. The van der Waals surface area contributed by atoms with E-state index in [2.05, 4.69) is 5.32 Å². The van der Waals surface area contributed by atoms with E-state index < -0.39 is 11.7 Å². The molecule has 98 valence electrons. The lowest BCUT2D eigenvalue weighted by Crippen LogP contribution is -2.12. The standard InChI is InChI=1S/C13H8ClFINO2/c14-9-3-2-8(15)6-11(9)17-13(19)7-1-4-10(16)12(18)5-7/h1-6,18H,(H,17,19). The van der Waals surface area contributed by atoms with Crippen molar-refractivity contribution in [2.45, 2.75) is 0 Å². The summed E-state index contributed by atoms with van der Waals surface area (Å²) in [7, 11) is 0. The number of halogens is 3. The van der Waals surface area contributed by atoms with Gasteiger partial charge in [0.25, 0.3) is 5.91 Å². The Bertz CT molecular complexity index is 649. The van der Waals surface area contributed by atoms with Crippen molar-refractivity contribution in [3.63, 3.8) is 0 Å². The van der Waals surface area contributed by atoms with Crippen molar-refractivity contribution in [2.24, 2.45) is 0 Å². The zero-order valence-corrected chi connectivity index (χ0v) is 12.4. The molecule has 0 spiro atoms. The third-order valence-corrected chi connectivity index (χ3v) is 3.63. The van der Waals surface area contributed by atoms with Crippen LogP contribution in [-0.4, -0.2) is 11.0 Å². The van der Waals surface area contributed by atoms with Gasteiger partial charge in [0.05, 0.1) is 14.3 Å². The van der Waals surface area contributed by atoms with Gasteiger partial charge in [-0.2, -0.15) is 0 Å². The second kappa shape index (κ2) is 5.75. The van der Waals surface area contributed by atoms with E-state index in [0.717, 1.165) is 6.07 Å². The number of anilines is 1. The number of aromatic hydroxyl groups is 1. The van der Waals surface area contributed by atoms with Crippen LogP contribution in [0.15, 0.2) is 36.4 Å². The highest BCUT2D eigenvalue weighted by Crippen LogP contribution is 2.24. The molecule has 0 aliphatic carbocycles. The molecule has 2 N–H and O–H groups in total. The molecule has 0 aliphatic heterocycles. The van der Waals surface area contributed by atoms with Crippen molar-refractivity contribution in [3.05, 3.63) is 56.4 Å². The Morgan fingerprint density at radius 1 is 1.26 bits per heavy atom. The number of nitrogens with one attached hydrogen (secondary N) is 1. The summed E-state index contributed by atoms with van der Waals surface area (Å²) in [6.45, 7) is 0. The largest absolute Gasteiger partial charge is 0.507 e. The molecule has 0 heterocycles. The van der Waals surface area contributed by atoms with Gasteiger partial charge >= 0.3 is 0 Å². The molecule has 3 nitrogen and oxygen atoms in total. The van der Waals surface area contributed by atoms with Gasteiger partial charge in [-0.25, -0.2) is 4.39 Å². The minimum absolute atomic E-state index is 0.0126. The molecule has 19 heavy (non-hydrogen) atoms. The molecule has 2 rings (SSSR count). The van der Waals surface area contributed by atoms with Gasteiger partial charge in [0.1, 0.15) is 11.6 Å².